The summed E-state index contributed by atoms with van der Waals surface area (Å²) in [5, 5.41) is 9.85. The van der Waals surface area contributed by atoms with Crippen LogP contribution in [-0.2, 0) is 4.74 Å². The molecule has 0 aliphatic carbocycles. The zero-order valence-corrected chi connectivity index (χ0v) is 15.2. The van der Waals surface area contributed by atoms with Crippen LogP contribution in [0.1, 0.15) is 24.5 Å². The van der Waals surface area contributed by atoms with Crippen LogP contribution in [-0.4, -0.2) is 60.5 Å². The summed E-state index contributed by atoms with van der Waals surface area (Å²) in [4.78, 5) is 16.6. The zero-order chi connectivity index (χ0) is 18.6. The Morgan fingerprint density at radius 2 is 2.11 bits per heavy atom. The maximum Gasteiger partial charge on any atom is 0.321 e. The normalized spacial score (nSPS) is 20.6. The fourth-order valence-corrected chi connectivity index (χ4v) is 3.76. The molecule has 4 rings (SSSR count). The number of piperidine rings is 1. The first-order valence-corrected chi connectivity index (χ1v) is 9.37. The molecule has 144 valence electrons. The number of H-pyrrole nitrogens is 1. The van der Waals surface area contributed by atoms with Gasteiger partial charge in [0.25, 0.3) is 0 Å². The number of carbonyl (C=O) groups is 1. The second-order valence-electron chi connectivity index (χ2n) is 7.02. The SMILES string of the molecule is O=C(Nc1cc(F)cc(N2CCOCC2)c1)N1CCCC(c2ccn[nH]2)C1. The third-order valence-corrected chi connectivity index (χ3v) is 5.18. The van der Waals surface area contributed by atoms with E-state index in [0.29, 0.717) is 32.0 Å². The van der Waals surface area contributed by atoms with Crippen molar-refractivity contribution in [3.8, 4) is 0 Å². The Kier molecular flexibility index (Phi) is 5.24. The number of likely N-dealkylation sites (tertiary alicyclic amines) is 1. The Bertz CT molecular complexity index is 776. The van der Waals surface area contributed by atoms with Crippen LogP contribution in [0.25, 0.3) is 0 Å². The summed E-state index contributed by atoms with van der Waals surface area (Å²) >= 11 is 0. The van der Waals surface area contributed by atoms with Gasteiger partial charge in [0.2, 0.25) is 0 Å². The maximum absolute atomic E-state index is 14.1. The molecule has 2 aliphatic heterocycles. The fraction of sp³-hybridized carbons (Fsp3) is 0.474. The smallest absolute Gasteiger partial charge is 0.321 e. The van der Waals surface area contributed by atoms with Gasteiger partial charge in [0, 0.05) is 55.4 Å². The molecule has 3 heterocycles. The van der Waals surface area contributed by atoms with Gasteiger partial charge in [-0.05, 0) is 37.1 Å². The number of anilines is 2. The number of morpholine rings is 1. The van der Waals surface area contributed by atoms with Crippen molar-refractivity contribution >= 4 is 17.4 Å². The van der Waals surface area contributed by atoms with Gasteiger partial charge in [-0.2, -0.15) is 5.10 Å². The third kappa shape index (κ3) is 4.21. The topological polar surface area (TPSA) is 73.5 Å². The molecule has 0 saturated carbocycles. The molecular formula is C19H24FN5O2. The minimum Gasteiger partial charge on any atom is -0.378 e. The van der Waals surface area contributed by atoms with Crippen molar-refractivity contribution in [3.63, 3.8) is 0 Å². The van der Waals surface area contributed by atoms with Gasteiger partial charge in [0.15, 0.2) is 0 Å². The number of hydrogen-bond donors (Lipinski definition) is 2. The summed E-state index contributed by atoms with van der Waals surface area (Å²) in [7, 11) is 0. The summed E-state index contributed by atoms with van der Waals surface area (Å²) in [6, 6.07) is 6.43. The Morgan fingerprint density at radius 1 is 1.26 bits per heavy atom. The number of ether oxygens (including phenoxy) is 1. The van der Waals surface area contributed by atoms with Gasteiger partial charge in [0.05, 0.1) is 13.2 Å². The quantitative estimate of drug-likeness (QED) is 0.868. The van der Waals surface area contributed by atoms with Crippen molar-refractivity contribution in [3.05, 3.63) is 42.0 Å². The first-order chi connectivity index (χ1) is 13.2. The Hall–Kier alpha value is -2.61. The summed E-state index contributed by atoms with van der Waals surface area (Å²) in [5.74, 6) is -0.105. The maximum atomic E-state index is 14.1. The lowest BCUT2D eigenvalue weighted by Crippen LogP contribution is -2.41. The average Bonchev–Trinajstić information content (AvgIpc) is 3.23. The number of rotatable bonds is 3. The molecule has 8 heteroatoms. The van der Waals surface area contributed by atoms with Crippen molar-refractivity contribution < 1.29 is 13.9 Å². The molecule has 1 unspecified atom stereocenters. The van der Waals surface area contributed by atoms with E-state index in [0.717, 1.165) is 37.3 Å². The first kappa shape index (κ1) is 17.8. The van der Waals surface area contributed by atoms with E-state index in [4.69, 9.17) is 4.74 Å². The van der Waals surface area contributed by atoms with Crippen molar-refractivity contribution in [2.75, 3.05) is 49.6 Å². The molecule has 1 atom stereocenters. The van der Waals surface area contributed by atoms with Gasteiger partial charge in [-0.1, -0.05) is 0 Å². The Balaban J connectivity index is 1.43. The van der Waals surface area contributed by atoms with Crippen LogP contribution in [0.15, 0.2) is 30.5 Å². The van der Waals surface area contributed by atoms with Crippen molar-refractivity contribution in [1.29, 1.82) is 0 Å². The van der Waals surface area contributed by atoms with Crippen LogP contribution in [0.5, 0.6) is 0 Å². The monoisotopic (exact) mass is 373 g/mol. The number of amides is 2. The van der Waals surface area contributed by atoms with E-state index >= 15 is 0 Å². The number of benzene rings is 1. The largest absolute Gasteiger partial charge is 0.378 e. The van der Waals surface area contributed by atoms with Crippen molar-refractivity contribution in [1.82, 2.24) is 15.1 Å². The molecule has 2 N–H and O–H groups in total. The average molecular weight is 373 g/mol. The highest BCUT2D eigenvalue weighted by atomic mass is 19.1. The van der Waals surface area contributed by atoms with E-state index in [1.54, 1.807) is 11.1 Å². The molecule has 2 aliphatic rings. The molecule has 0 bridgehead atoms. The van der Waals surface area contributed by atoms with E-state index < -0.39 is 0 Å². The zero-order valence-electron chi connectivity index (χ0n) is 15.2. The van der Waals surface area contributed by atoms with Crippen LogP contribution >= 0.6 is 0 Å². The second kappa shape index (κ2) is 7.96. The lowest BCUT2D eigenvalue weighted by molar-refractivity contribution is 0.122. The number of aromatic nitrogens is 2. The molecular weight excluding hydrogens is 349 g/mol. The summed E-state index contributed by atoms with van der Waals surface area (Å²) in [6.07, 6.45) is 3.68. The molecule has 2 saturated heterocycles. The van der Waals surface area contributed by atoms with Gasteiger partial charge < -0.3 is 19.9 Å². The lowest BCUT2D eigenvalue weighted by atomic mass is 9.95. The molecule has 2 amide bonds. The van der Waals surface area contributed by atoms with Crippen LogP contribution in [0.2, 0.25) is 0 Å². The van der Waals surface area contributed by atoms with E-state index in [-0.39, 0.29) is 17.8 Å². The van der Waals surface area contributed by atoms with Crippen LogP contribution in [0.3, 0.4) is 0 Å². The highest BCUT2D eigenvalue weighted by molar-refractivity contribution is 5.90. The van der Waals surface area contributed by atoms with Crippen LogP contribution in [0.4, 0.5) is 20.6 Å². The first-order valence-electron chi connectivity index (χ1n) is 9.37. The van der Waals surface area contributed by atoms with Gasteiger partial charge >= 0.3 is 6.03 Å². The lowest BCUT2D eigenvalue weighted by Gasteiger charge is -2.32. The van der Waals surface area contributed by atoms with E-state index in [1.807, 2.05) is 12.1 Å². The van der Waals surface area contributed by atoms with Gasteiger partial charge in [-0.15, -0.1) is 0 Å². The molecule has 0 radical (unpaired) electrons. The molecule has 2 fully saturated rings. The highest BCUT2D eigenvalue weighted by Gasteiger charge is 2.26. The van der Waals surface area contributed by atoms with Crippen LogP contribution in [0, 0.1) is 5.82 Å². The van der Waals surface area contributed by atoms with E-state index in [2.05, 4.69) is 20.4 Å². The number of urea groups is 1. The predicted octanol–water partition coefficient (Wildman–Crippen LogP) is 2.80. The van der Waals surface area contributed by atoms with Gasteiger partial charge in [-0.25, -0.2) is 9.18 Å². The summed E-state index contributed by atoms with van der Waals surface area (Å²) in [6.45, 7) is 4.01. The number of halogens is 1. The molecule has 2 aromatic rings. The van der Waals surface area contributed by atoms with Gasteiger partial charge in [0.1, 0.15) is 5.82 Å². The number of aromatic amines is 1. The Morgan fingerprint density at radius 3 is 2.89 bits per heavy atom. The van der Waals surface area contributed by atoms with Crippen LogP contribution < -0.4 is 10.2 Å². The minimum absolute atomic E-state index is 0.197. The summed E-state index contributed by atoms with van der Waals surface area (Å²) in [5.41, 5.74) is 2.29. The molecule has 7 nitrogen and oxygen atoms in total. The number of nitrogens with one attached hydrogen (secondary N) is 2. The molecule has 0 spiro atoms. The molecule has 1 aromatic heterocycles. The minimum atomic E-state index is -0.358. The number of hydrogen-bond acceptors (Lipinski definition) is 4. The third-order valence-electron chi connectivity index (χ3n) is 5.18. The molecule has 27 heavy (non-hydrogen) atoms. The Labute approximate surface area is 157 Å². The second-order valence-corrected chi connectivity index (χ2v) is 7.02. The van der Waals surface area contributed by atoms with Crippen molar-refractivity contribution in [2.24, 2.45) is 0 Å². The standard InChI is InChI=1S/C19H24FN5O2/c20-15-10-16(12-17(11-15)24-6-8-27-9-7-24)22-19(26)25-5-1-2-14(13-25)18-3-4-21-23-18/h3-4,10-12,14H,1-2,5-9,13H2,(H,21,23)(H,22,26). The predicted molar refractivity (Wildman–Crippen MR) is 101 cm³/mol. The summed E-state index contributed by atoms with van der Waals surface area (Å²) < 4.78 is 19.4. The fourth-order valence-electron chi connectivity index (χ4n) is 3.76. The van der Waals surface area contributed by atoms with Crippen molar-refractivity contribution in [2.45, 2.75) is 18.8 Å². The number of nitrogens with zero attached hydrogens (tertiary/aromatic N) is 3. The number of carbonyl (C=O) groups excluding carboxylic acids is 1. The van der Waals surface area contributed by atoms with E-state index in [1.165, 1.54) is 12.1 Å². The highest BCUT2D eigenvalue weighted by Crippen LogP contribution is 2.27. The van der Waals surface area contributed by atoms with Gasteiger partial charge in [-0.3, -0.25) is 5.10 Å². The molecule has 1 aromatic carbocycles. The van der Waals surface area contributed by atoms with E-state index in [9.17, 15) is 9.18 Å².